The van der Waals surface area contributed by atoms with Gasteiger partial charge in [-0.2, -0.15) is 4.79 Å². The molecule has 0 unspecified atom stereocenters. The third-order valence-corrected chi connectivity index (χ3v) is 24.5. The van der Waals surface area contributed by atoms with Crippen molar-refractivity contribution in [3.63, 3.8) is 0 Å². The lowest BCUT2D eigenvalue weighted by molar-refractivity contribution is -0.140. The molecular weight excluding hydrogens is 304 g/mol. The molecule has 4 fully saturated rings. The quantitative estimate of drug-likeness (QED) is 0.330. The Bertz CT molecular complexity index is 520. The molecule has 0 heterocycles. The van der Waals surface area contributed by atoms with E-state index < -0.39 is 15.2 Å². The predicted molar refractivity (Wildman–Crippen MR) is 95.1 cm³/mol. The van der Waals surface area contributed by atoms with Gasteiger partial charge in [-0.1, -0.05) is 32.7 Å². The minimum atomic E-state index is -1.96. The van der Waals surface area contributed by atoms with Crippen molar-refractivity contribution in [3.05, 3.63) is 5.53 Å². The van der Waals surface area contributed by atoms with Crippen LogP contribution in [0.1, 0.15) is 38.5 Å². The lowest BCUT2D eigenvalue weighted by atomic mass is 9.48. The summed E-state index contributed by atoms with van der Waals surface area (Å²) in [6.45, 7) is 11.4. The van der Waals surface area contributed by atoms with Crippen molar-refractivity contribution in [2.75, 3.05) is 0 Å². The van der Waals surface area contributed by atoms with Crippen LogP contribution < -0.4 is 0 Å². The summed E-state index contributed by atoms with van der Waals surface area (Å²) in [5, 5.41) is 0.605. The van der Waals surface area contributed by atoms with Crippen molar-refractivity contribution < 1.29 is 9.58 Å². The summed E-state index contributed by atoms with van der Waals surface area (Å²) in [6.07, 6.45) is 7.21. The van der Waals surface area contributed by atoms with Crippen LogP contribution >= 0.6 is 0 Å². The molecule has 4 bridgehead atoms. The van der Waals surface area contributed by atoms with Crippen LogP contribution in [0.5, 0.6) is 0 Å². The van der Waals surface area contributed by atoms with Gasteiger partial charge >= 0.3 is 0 Å². The highest BCUT2D eigenvalue weighted by molar-refractivity contribution is 7.53. The zero-order valence-electron chi connectivity index (χ0n) is 14.8. The number of rotatable bonds is 4. The van der Waals surface area contributed by atoms with Gasteiger partial charge in [0.05, 0.1) is 7.59 Å². The van der Waals surface area contributed by atoms with Gasteiger partial charge in [0.25, 0.3) is 5.33 Å². The fraction of sp³-hybridized carbons (Fsp3) is 0.882. The van der Waals surface area contributed by atoms with Gasteiger partial charge in [0.2, 0.25) is 5.78 Å². The molecule has 4 rings (SSSR count). The van der Waals surface area contributed by atoms with Gasteiger partial charge in [-0.3, -0.25) is 4.79 Å². The Morgan fingerprint density at radius 3 is 1.68 bits per heavy atom. The molecule has 122 valence electrons. The first-order chi connectivity index (χ1) is 10.1. The second-order valence-corrected chi connectivity index (χ2v) is 26.3. The van der Waals surface area contributed by atoms with Gasteiger partial charge in [0, 0.05) is 5.41 Å². The molecule has 0 saturated heterocycles. The molecule has 0 aromatic rings. The summed E-state index contributed by atoms with van der Waals surface area (Å²) in [6, 6.07) is 0. The lowest BCUT2D eigenvalue weighted by Gasteiger charge is -2.55. The zero-order chi connectivity index (χ0) is 16.3. The van der Waals surface area contributed by atoms with Crippen molar-refractivity contribution in [1.29, 1.82) is 0 Å². The SMILES string of the molecule is C[Si](C)(C)[Si](C)(C)C(=[N+]=[N-])C(=O)C12CC3CC(CC(C3)C1)C2. The van der Waals surface area contributed by atoms with Crippen LogP contribution in [0.3, 0.4) is 0 Å². The highest BCUT2D eigenvalue weighted by Gasteiger charge is 2.61. The Morgan fingerprint density at radius 2 is 1.36 bits per heavy atom. The molecule has 0 aromatic carbocycles. The third-order valence-electron chi connectivity index (χ3n) is 7.30. The molecule has 0 N–H and O–H groups in total. The van der Waals surface area contributed by atoms with Gasteiger partial charge in [0.15, 0.2) is 7.59 Å². The number of nitrogens with zero attached hydrogens (tertiary/aromatic N) is 2. The maximum absolute atomic E-state index is 13.5. The molecule has 22 heavy (non-hydrogen) atoms. The molecule has 0 spiro atoms. The molecule has 0 aromatic heterocycles. The molecule has 0 atom stereocenters. The number of hydrogen-bond acceptors (Lipinski definition) is 1. The van der Waals surface area contributed by atoms with Crippen LogP contribution in [0.25, 0.3) is 5.53 Å². The second kappa shape index (κ2) is 4.99. The van der Waals surface area contributed by atoms with Crippen molar-refractivity contribution in [3.8, 4) is 0 Å². The fourth-order valence-corrected chi connectivity index (χ4v) is 9.86. The van der Waals surface area contributed by atoms with Crippen LogP contribution in [0.15, 0.2) is 0 Å². The topological polar surface area (TPSA) is 53.5 Å². The molecule has 3 nitrogen and oxygen atoms in total. The normalized spacial score (nSPS) is 37.0. The van der Waals surface area contributed by atoms with Crippen molar-refractivity contribution >= 4 is 26.3 Å². The molecule has 4 aliphatic carbocycles. The van der Waals surface area contributed by atoms with Crippen LogP contribution in [0, 0.1) is 23.2 Å². The van der Waals surface area contributed by atoms with Crippen LogP contribution in [-0.4, -0.2) is 31.1 Å². The highest BCUT2D eigenvalue weighted by atomic mass is 29.3. The van der Waals surface area contributed by atoms with E-state index in [1.165, 1.54) is 19.3 Å². The zero-order valence-corrected chi connectivity index (χ0v) is 16.8. The second-order valence-electron chi connectivity index (χ2n) is 9.85. The first-order valence-corrected chi connectivity index (χ1v) is 16.4. The molecule has 0 radical (unpaired) electrons. The molecule has 4 saturated carbocycles. The van der Waals surface area contributed by atoms with E-state index in [2.05, 4.69) is 37.5 Å². The van der Waals surface area contributed by atoms with E-state index in [1.54, 1.807) is 0 Å². The minimum absolute atomic E-state index is 0.166. The van der Waals surface area contributed by atoms with Gasteiger partial charge in [-0.05, 0) is 56.3 Å². The molecular formula is C17H30N2OSi2. The van der Waals surface area contributed by atoms with Gasteiger partial charge < -0.3 is 5.53 Å². The Kier molecular flexibility index (Phi) is 3.71. The van der Waals surface area contributed by atoms with E-state index in [-0.39, 0.29) is 11.2 Å². The minimum Gasteiger partial charge on any atom is -0.362 e. The van der Waals surface area contributed by atoms with Crippen molar-refractivity contribution in [2.24, 2.45) is 23.2 Å². The number of hydrogen-bond donors (Lipinski definition) is 0. The number of ketones is 1. The van der Waals surface area contributed by atoms with E-state index in [4.69, 9.17) is 0 Å². The van der Waals surface area contributed by atoms with E-state index >= 15 is 0 Å². The predicted octanol–water partition coefficient (Wildman–Crippen LogP) is 4.11. The fourth-order valence-electron chi connectivity index (χ4n) is 5.45. The maximum Gasteiger partial charge on any atom is 0.298 e. The summed E-state index contributed by atoms with van der Waals surface area (Å²) in [5.41, 5.74) is 9.55. The third kappa shape index (κ3) is 2.33. The smallest absolute Gasteiger partial charge is 0.298 e. The average molecular weight is 335 g/mol. The standard InChI is InChI=1S/C17H30N2OSi2/c1-21(2,3)22(4,5)16(19-18)15(20)17-9-12-6-13(10-17)8-14(7-12)11-17/h12-14H,6-11H2,1-5H3. The van der Waals surface area contributed by atoms with Crippen LogP contribution in [0.2, 0.25) is 32.7 Å². The monoisotopic (exact) mass is 334 g/mol. The van der Waals surface area contributed by atoms with Crippen LogP contribution in [-0.2, 0) is 4.79 Å². The Balaban J connectivity index is 1.95. The first-order valence-electron chi connectivity index (χ1n) is 8.86. The summed E-state index contributed by atoms with van der Waals surface area (Å²) in [4.78, 5) is 17.1. The highest BCUT2D eigenvalue weighted by Crippen LogP contribution is 2.60. The van der Waals surface area contributed by atoms with Gasteiger partial charge in [0.1, 0.15) is 0 Å². The van der Waals surface area contributed by atoms with E-state index in [0.717, 1.165) is 37.0 Å². The van der Waals surface area contributed by atoms with E-state index in [1.807, 2.05) is 0 Å². The average Bonchev–Trinajstić information content (AvgIpc) is 2.36. The summed E-state index contributed by atoms with van der Waals surface area (Å²) in [7, 11) is -3.48. The number of carbonyl (C=O) groups excluding carboxylic acids is 1. The van der Waals surface area contributed by atoms with Crippen molar-refractivity contribution in [2.45, 2.75) is 71.3 Å². The largest absolute Gasteiger partial charge is 0.362 e. The summed E-state index contributed by atoms with van der Waals surface area (Å²) < 4.78 is 0. The molecule has 0 amide bonds. The van der Waals surface area contributed by atoms with Crippen molar-refractivity contribution in [1.82, 2.24) is 0 Å². The van der Waals surface area contributed by atoms with E-state index in [0.29, 0.717) is 5.33 Å². The number of carbonyl (C=O) groups is 1. The van der Waals surface area contributed by atoms with E-state index in [9.17, 15) is 10.3 Å². The maximum atomic E-state index is 13.5. The number of Topliss-reactive ketones (excluding diaryl/α,β-unsaturated/α-hetero) is 1. The molecule has 0 aliphatic heterocycles. The van der Waals surface area contributed by atoms with Gasteiger partial charge in [-0.15, -0.1) is 0 Å². The Morgan fingerprint density at radius 1 is 0.955 bits per heavy atom. The Hall–Kier alpha value is -0.516. The molecule has 5 heteroatoms. The lowest BCUT2D eigenvalue weighted by Crippen LogP contribution is -2.64. The first kappa shape index (κ1) is 16.3. The van der Waals surface area contributed by atoms with Crippen LogP contribution in [0.4, 0.5) is 0 Å². The Labute approximate surface area is 136 Å². The van der Waals surface area contributed by atoms with Gasteiger partial charge in [-0.25, -0.2) is 0 Å². The summed E-state index contributed by atoms with van der Waals surface area (Å²) in [5.74, 6) is 2.51. The summed E-state index contributed by atoms with van der Waals surface area (Å²) >= 11 is 0. The molecule has 4 aliphatic rings.